The lowest BCUT2D eigenvalue weighted by Crippen LogP contribution is -2.48. The van der Waals surface area contributed by atoms with Crippen LogP contribution in [-0.2, 0) is 4.79 Å². The Bertz CT molecular complexity index is 552. The normalized spacial score (nSPS) is 31.2. The molecule has 1 saturated carbocycles. The van der Waals surface area contributed by atoms with Gasteiger partial charge in [0.25, 0.3) is 0 Å². The molecule has 0 spiro atoms. The third-order valence-corrected chi connectivity index (χ3v) is 4.81. The van der Waals surface area contributed by atoms with Gasteiger partial charge in [-0.05, 0) is 44.2 Å². The number of fused-ring (bicyclic) bond motifs is 1. The summed E-state index contributed by atoms with van der Waals surface area (Å²) in [5.41, 5.74) is 1.94. The molecule has 2 atom stereocenters. The molecule has 0 bridgehead atoms. The molecule has 120 valence electrons. The number of hydrogen-bond donors (Lipinski definition) is 3. The van der Waals surface area contributed by atoms with Gasteiger partial charge in [-0.3, -0.25) is 4.79 Å². The molecule has 3 rings (SSSR count). The Morgan fingerprint density at radius 2 is 2.00 bits per heavy atom. The Labute approximate surface area is 130 Å². The van der Waals surface area contributed by atoms with Gasteiger partial charge in [-0.1, -0.05) is 12.1 Å². The molecule has 3 N–H and O–H groups in total. The van der Waals surface area contributed by atoms with E-state index in [2.05, 4.69) is 5.32 Å². The summed E-state index contributed by atoms with van der Waals surface area (Å²) in [4.78, 5) is 11.0. The molecule has 0 aromatic heterocycles. The zero-order valence-corrected chi connectivity index (χ0v) is 12.8. The van der Waals surface area contributed by atoms with Crippen LogP contribution in [0.5, 0.6) is 5.75 Å². The molecule has 2 aliphatic rings. The lowest BCUT2D eigenvalue weighted by molar-refractivity contribution is -0.142. The number of aliphatic carboxylic acids is 1. The summed E-state index contributed by atoms with van der Waals surface area (Å²) in [6, 6.07) is 5.97. The number of aryl methyl sites for hydroxylation is 1. The van der Waals surface area contributed by atoms with Crippen molar-refractivity contribution in [1.29, 1.82) is 0 Å². The summed E-state index contributed by atoms with van der Waals surface area (Å²) in [6.07, 6.45) is 2.49. The number of rotatable bonds is 3. The molecule has 1 aromatic carbocycles. The van der Waals surface area contributed by atoms with E-state index in [0.717, 1.165) is 29.7 Å². The van der Waals surface area contributed by atoms with Crippen LogP contribution >= 0.6 is 0 Å². The van der Waals surface area contributed by atoms with Crippen molar-refractivity contribution in [2.45, 2.75) is 50.8 Å². The fourth-order valence-corrected chi connectivity index (χ4v) is 3.45. The Balaban J connectivity index is 1.60. The zero-order chi connectivity index (χ0) is 15.7. The van der Waals surface area contributed by atoms with Crippen LogP contribution in [0.15, 0.2) is 18.2 Å². The molecule has 5 heteroatoms. The molecule has 1 aromatic rings. The van der Waals surface area contributed by atoms with Crippen LogP contribution in [0.25, 0.3) is 0 Å². The maximum atomic E-state index is 11.0. The Kier molecular flexibility index (Phi) is 4.36. The van der Waals surface area contributed by atoms with Gasteiger partial charge in [0.05, 0.1) is 12.0 Å². The maximum Gasteiger partial charge on any atom is 0.306 e. The lowest BCUT2D eigenvalue weighted by atomic mass is 9.85. The van der Waals surface area contributed by atoms with Crippen LogP contribution in [0.1, 0.15) is 42.9 Å². The number of carboxylic acids is 1. The minimum atomic E-state index is -0.691. The molecule has 0 unspecified atom stereocenters. The summed E-state index contributed by atoms with van der Waals surface area (Å²) in [5, 5.41) is 23.0. The van der Waals surface area contributed by atoms with E-state index in [1.807, 2.05) is 25.1 Å². The number of nitrogens with one attached hydrogen (secondary N) is 1. The molecule has 1 fully saturated rings. The summed E-state index contributed by atoms with van der Waals surface area (Å²) >= 11 is 0. The minimum Gasteiger partial charge on any atom is -0.491 e. The standard InChI is InChI=1S/C17H23NO4/c1-10-2-7-13-15(8-10)22-9-14(16(13)19)18-12-5-3-11(4-6-12)17(20)21/h2,7-8,11-12,14,16,18-19H,3-6,9H2,1H3,(H,20,21)/t11-,12+,14-,16+/m1/s1. The second kappa shape index (κ2) is 6.26. The van der Waals surface area contributed by atoms with E-state index < -0.39 is 12.1 Å². The first-order valence-corrected chi connectivity index (χ1v) is 7.95. The summed E-state index contributed by atoms with van der Waals surface area (Å²) in [5.74, 6) is -0.141. The highest BCUT2D eigenvalue weighted by Gasteiger charge is 2.33. The first kappa shape index (κ1) is 15.3. The number of aliphatic hydroxyl groups excluding tert-OH is 1. The molecule has 1 heterocycles. The number of carboxylic acid groups (broad SMARTS) is 1. The van der Waals surface area contributed by atoms with E-state index in [1.54, 1.807) is 0 Å². The van der Waals surface area contributed by atoms with Gasteiger partial charge in [-0.25, -0.2) is 0 Å². The van der Waals surface area contributed by atoms with E-state index in [-0.39, 0.29) is 18.0 Å². The van der Waals surface area contributed by atoms with Gasteiger partial charge in [0.1, 0.15) is 18.5 Å². The van der Waals surface area contributed by atoms with Crippen molar-refractivity contribution in [1.82, 2.24) is 5.32 Å². The third kappa shape index (κ3) is 3.10. The predicted molar refractivity (Wildman–Crippen MR) is 81.9 cm³/mol. The van der Waals surface area contributed by atoms with E-state index in [9.17, 15) is 9.90 Å². The monoisotopic (exact) mass is 305 g/mol. The summed E-state index contributed by atoms with van der Waals surface area (Å²) in [7, 11) is 0. The summed E-state index contributed by atoms with van der Waals surface area (Å²) in [6.45, 7) is 2.44. The largest absolute Gasteiger partial charge is 0.491 e. The van der Waals surface area contributed by atoms with Gasteiger partial charge >= 0.3 is 5.97 Å². The quantitative estimate of drug-likeness (QED) is 0.796. The van der Waals surface area contributed by atoms with Crippen LogP contribution in [0, 0.1) is 12.8 Å². The van der Waals surface area contributed by atoms with Crippen molar-refractivity contribution in [3.05, 3.63) is 29.3 Å². The van der Waals surface area contributed by atoms with Crippen molar-refractivity contribution in [3.8, 4) is 5.75 Å². The van der Waals surface area contributed by atoms with Crippen molar-refractivity contribution >= 4 is 5.97 Å². The van der Waals surface area contributed by atoms with Crippen LogP contribution in [0.2, 0.25) is 0 Å². The average molecular weight is 305 g/mol. The van der Waals surface area contributed by atoms with Crippen molar-refractivity contribution < 1.29 is 19.7 Å². The van der Waals surface area contributed by atoms with Crippen molar-refractivity contribution in [3.63, 3.8) is 0 Å². The number of ether oxygens (including phenoxy) is 1. The van der Waals surface area contributed by atoms with Gasteiger partial charge in [-0.15, -0.1) is 0 Å². The second-order valence-electron chi connectivity index (χ2n) is 6.46. The maximum absolute atomic E-state index is 11.0. The van der Waals surface area contributed by atoms with Crippen molar-refractivity contribution in [2.24, 2.45) is 5.92 Å². The fraction of sp³-hybridized carbons (Fsp3) is 0.588. The van der Waals surface area contributed by atoms with Crippen LogP contribution in [0.4, 0.5) is 0 Å². The highest BCUT2D eigenvalue weighted by Crippen LogP contribution is 2.34. The predicted octanol–water partition coefficient (Wildman–Crippen LogP) is 2.02. The number of carbonyl (C=O) groups is 1. The number of benzene rings is 1. The van der Waals surface area contributed by atoms with Gasteiger partial charge in [0.2, 0.25) is 0 Å². The molecule has 5 nitrogen and oxygen atoms in total. The molecule has 0 radical (unpaired) electrons. The average Bonchev–Trinajstić information content (AvgIpc) is 2.50. The van der Waals surface area contributed by atoms with Crippen LogP contribution < -0.4 is 10.1 Å². The Hall–Kier alpha value is -1.59. The molecule has 1 aliphatic heterocycles. The SMILES string of the molecule is Cc1ccc2c(c1)OC[C@@H](N[C@H]1CC[C@@H](C(=O)O)CC1)[C@H]2O. The van der Waals surface area contributed by atoms with E-state index in [0.29, 0.717) is 19.4 Å². The molecule has 1 aliphatic carbocycles. The first-order valence-electron chi connectivity index (χ1n) is 7.95. The topological polar surface area (TPSA) is 78.8 Å². The highest BCUT2D eigenvalue weighted by atomic mass is 16.5. The Morgan fingerprint density at radius 3 is 2.68 bits per heavy atom. The zero-order valence-electron chi connectivity index (χ0n) is 12.8. The smallest absolute Gasteiger partial charge is 0.306 e. The Morgan fingerprint density at radius 1 is 1.27 bits per heavy atom. The third-order valence-electron chi connectivity index (χ3n) is 4.81. The van der Waals surface area contributed by atoms with Gasteiger partial charge in [-0.2, -0.15) is 0 Å². The molecule has 0 saturated heterocycles. The molecule has 0 amide bonds. The number of hydrogen-bond acceptors (Lipinski definition) is 4. The van der Waals surface area contributed by atoms with E-state index in [4.69, 9.17) is 9.84 Å². The first-order chi connectivity index (χ1) is 10.5. The van der Waals surface area contributed by atoms with Gasteiger partial charge in [0, 0.05) is 11.6 Å². The fourth-order valence-electron chi connectivity index (χ4n) is 3.45. The van der Waals surface area contributed by atoms with E-state index >= 15 is 0 Å². The lowest BCUT2D eigenvalue weighted by Gasteiger charge is -2.36. The molecular formula is C17H23NO4. The minimum absolute atomic E-state index is 0.137. The van der Waals surface area contributed by atoms with Crippen molar-refractivity contribution in [2.75, 3.05) is 6.61 Å². The summed E-state index contributed by atoms with van der Waals surface area (Å²) < 4.78 is 5.77. The molecule has 22 heavy (non-hydrogen) atoms. The van der Waals surface area contributed by atoms with Gasteiger partial charge in [0.15, 0.2) is 0 Å². The van der Waals surface area contributed by atoms with E-state index in [1.165, 1.54) is 0 Å². The number of aliphatic hydroxyl groups is 1. The molecular weight excluding hydrogens is 282 g/mol. The highest BCUT2D eigenvalue weighted by molar-refractivity contribution is 5.70. The second-order valence-corrected chi connectivity index (χ2v) is 6.46. The van der Waals surface area contributed by atoms with Gasteiger partial charge < -0.3 is 20.3 Å². The van der Waals surface area contributed by atoms with Crippen LogP contribution in [-0.4, -0.2) is 34.9 Å². The van der Waals surface area contributed by atoms with Crippen LogP contribution in [0.3, 0.4) is 0 Å².